The van der Waals surface area contributed by atoms with Crippen molar-refractivity contribution in [1.29, 1.82) is 0 Å². The second-order valence-electron chi connectivity index (χ2n) is 4.89. The fourth-order valence-electron chi connectivity index (χ4n) is 2.17. The number of sulfonamides is 1. The average Bonchev–Trinajstić information content (AvgIpc) is 2.91. The molecule has 0 fully saturated rings. The van der Waals surface area contributed by atoms with Crippen molar-refractivity contribution in [3.05, 3.63) is 47.0 Å². The van der Waals surface area contributed by atoms with E-state index in [4.69, 9.17) is 11.6 Å². The van der Waals surface area contributed by atoms with E-state index in [1.54, 1.807) is 44.3 Å². The summed E-state index contributed by atoms with van der Waals surface area (Å²) in [4.78, 5) is 1.45. The fourth-order valence-corrected chi connectivity index (χ4v) is 3.72. The van der Waals surface area contributed by atoms with Crippen LogP contribution in [0.15, 0.2) is 41.3 Å². The molecule has 0 bridgehead atoms. The number of rotatable bonds is 4. The highest BCUT2D eigenvalue weighted by atomic mass is 35.5. The Morgan fingerprint density at radius 2 is 1.87 bits per heavy atom. The lowest BCUT2D eigenvalue weighted by Crippen LogP contribution is -2.14. The number of benzene rings is 2. The number of halogens is 1. The van der Waals surface area contributed by atoms with Crippen molar-refractivity contribution in [3.8, 4) is 0 Å². The Balaban J connectivity index is 1.98. The normalized spacial score (nSPS) is 11.6. The number of aromatic nitrogens is 3. The molecule has 7 nitrogen and oxygen atoms in total. The second kappa shape index (κ2) is 5.71. The van der Waals surface area contributed by atoms with E-state index in [1.807, 2.05) is 0 Å². The quantitative estimate of drug-likeness (QED) is 0.753. The van der Waals surface area contributed by atoms with Crippen LogP contribution in [0, 0.1) is 6.92 Å². The van der Waals surface area contributed by atoms with E-state index in [9.17, 15) is 8.42 Å². The molecular formula is C14H14ClN5O2S. The third kappa shape index (κ3) is 2.95. The molecule has 1 heterocycles. The highest BCUT2D eigenvalue weighted by molar-refractivity contribution is 7.92. The lowest BCUT2D eigenvalue weighted by Gasteiger charge is -2.11. The Hall–Kier alpha value is -2.32. The minimum absolute atomic E-state index is 0.143. The Morgan fingerprint density at radius 1 is 1.13 bits per heavy atom. The number of hydrogen-bond donors (Lipinski definition) is 2. The van der Waals surface area contributed by atoms with Gasteiger partial charge in [-0.1, -0.05) is 22.6 Å². The number of nitrogens with one attached hydrogen (secondary N) is 2. The molecule has 0 amide bonds. The molecular weight excluding hydrogens is 338 g/mol. The minimum Gasteiger partial charge on any atom is -0.296 e. The van der Waals surface area contributed by atoms with E-state index in [2.05, 4.69) is 20.3 Å². The Bertz CT molecular complexity index is 984. The van der Waals surface area contributed by atoms with Gasteiger partial charge in [0.2, 0.25) is 0 Å². The van der Waals surface area contributed by atoms with Gasteiger partial charge in [0.05, 0.1) is 10.6 Å². The fraction of sp³-hybridized carbons (Fsp3) is 0.143. The molecule has 1 aromatic heterocycles. The van der Waals surface area contributed by atoms with Crippen molar-refractivity contribution in [1.82, 2.24) is 15.1 Å². The predicted molar refractivity (Wildman–Crippen MR) is 89.8 cm³/mol. The predicted octanol–water partition coefficient (Wildman–Crippen LogP) is 2.37. The molecule has 2 N–H and O–H groups in total. The van der Waals surface area contributed by atoms with Crippen LogP contribution in [0.2, 0.25) is 5.02 Å². The first kappa shape index (κ1) is 15.6. The van der Waals surface area contributed by atoms with Gasteiger partial charge in [-0.3, -0.25) is 10.1 Å². The smallest absolute Gasteiger partial charge is 0.262 e. The van der Waals surface area contributed by atoms with E-state index in [1.165, 1.54) is 11.0 Å². The van der Waals surface area contributed by atoms with Crippen molar-refractivity contribution in [2.45, 2.75) is 11.8 Å². The molecule has 9 heteroatoms. The molecule has 0 aliphatic carbocycles. The first-order valence-corrected chi connectivity index (χ1v) is 8.59. The van der Waals surface area contributed by atoms with Crippen molar-refractivity contribution in [3.63, 3.8) is 0 Å². The van der Waals surface area contributed by atoms with Gasteiger partial charge in [-0.25, -0.2) is 8.42 Å². The summed E-state index contributed by atoms with van der Waals surface area (Å²) in [7, 11) is -2.05. The van der Waals surface area contributed by atoms with Crippen LogP contribution < -0.4 is 10.1 Å². The van der Waals surface area contributed by atoms with Gasteiger partial charge in [0, 0.05) is 12.1 Å². The minimum atomic E-state index is -3.74. The van der Waals surface area contributed by atoms with Gasteiger partial charge >= 0.3 is 0 Å². The van der Waals surface area contributed by atoms with Gasteiger partial charge in [0.25, 0.3) is 10.0 Å². The van der Waals surface area contributed by atoms with Gasteiger partial charge < -0.3 is 0 Å². The summed E-state index contributed by atoms with van der Waals surface area (Å²) in [6.07, 6.45) is 0. The molecule has 0 aliphatic rings. The summed E-state index contributed by atoms with van der Waals surface area (Å²) in [6.45, 7) is 1.67. The Kier molecular flexibility index (Phi) is 3.87. The zero-order chi connectivity index (χ0) is 16.6. The second-order valence-corrected chi connectivity index (χ2v) is 6.94. The summed E-state index contributed by atoms with van der Waals surface area (Å²) >= 11 is 6.00. The standard InChI is InChI=1S/C14H14ClN5O2S/c1-9-11(15)4-3-5-14(9)23(21,22)19-10-6-7-12-13(8-10)18-20(16-2)17-12/h3-8,16,19H,1-2H3. The van der Waals surface area contributed by atoms with Crippen LogP contribution in [0.5, 0.6) is 0 Å². The van der Waals surface area contributed by atoms with Crippen LogP contribution >= 0.6 is 11.6 Å². The van der Waals surface area contributed by atoms with Gasteiger partial charge in [0.15, 0.2) is 0 Å². The molecule has 23 heavy (non-hydrogen) atoms. The SMILES string of the molecule is CNn1nc2ccc(NS(=O)(=O)c3cccc(Cl)c3C)cc2n1. The van der Waals surface area contributed by atoms with Crippen molar-refractivity contribution in [2.75, 3.05) is 17.2 Å². The van der Waals surface area contributed by atoms with E-state index in [-0.39, 0.29) is 4.90 Å². The summed E-state index contributed by atoms with van der Waals surface area (Å²) in [5.41, 5.74) is 4.90. The third-order valence-electron chi connectivity index (χ3n) is 3.34. The maximum absolute atomic E-state index is 12.5. The van der Waals surface area contributed by atoms with Crippen LogP contribution in [-0.4, -0.2) is 30.6 Å². The summed E-state index contributed by atoms with van der Waals surface area (Å²) in [6, 6.07) is 9.71. The van der Waals surface area contributed by atoms with Crippen LogP contribution in [0.1, 0.15) is 5.56 Å². The molecule has 3 rings (SSSR count). The first-order valence-electron chi connectivity index (χ1n) is 6.73. The average molecular weight is 352 g/mol. The lowest BCUT2D eigenvalue weighted by molar-refractivity contribution is 0.600. The summed E-state index contributed by atoms with van der Waals surface area (Å²) < 4.78 is 27.6. The molecule has 0 saturated carbocycles. The van der Waals surface area contributed by atoms with Crippen LogP contribution in [-0.2, 0) is 10.0 Å². The summed E-state index contributed by atoms with van der Waals surface area (Å²) in [5.74, 6) is 0. The Morgan fingerprint density at radius 3 is 2.61 bits per heavy atom. The van der Waals surface area contributed by atoms with Crippen molar-refractivity contribution in [2.24, 2.45) is 0 Å². The molecule has 0 radical (unpaired) electrons. The highest BCUT2D eigenvalue weighted by Gasteiger charge is 2.18. The largest absolute Gasteiger partial charge is 0.296 e. The number of fused-ring (bicyclic) bond motifs is 1. The molecule has 0 unspecified atom stereocenters. The molecule has 120 valence electrons. The topological polar surface area (TPSA) is 88.9 Å². The highest BCUT2D eigenvalue weighted by Crippen LogP contribution is 2.25. The molecule has 0 spiro atoms. The Labute approximate surface area is 138 Å². The number of hydrogen-bond acceptors (Lipinski definition) is 5. The molecule has 0 saturated heterocycles. The van der Waals surface area contributed by atoms with Crippen LogP contribution in [0.4, 0.5) is 5.69 Å². The van der Waals surface area contributed by atoms with E-state index >= 15 is 0 Å². The lowest BCUT2D eigenvalue weighted by atomic mass is 10.2. The van der Waals surface area contributed by atoms with Crippen molar-refractivity contribution < 1.29 is 8.42 Å². The van der Waals surface area contributed by atoms with Gasteiger partial charge in [-0.05, 0) is 42.8 Å². The zero-order valence-electron chi connectivity index (χ0n) is 12.4. The van der Waals surface area contributed by atoms with E-state index in [0.717, 1.165) is 0 Å². The third-order valence-corrected chi connectivity index (χ3v) is 5.28. The molecule has 3 aromatic rings. The first-order chi connectivity index (χ1) is 10.9. The maximum Gasteiger partial charge on any atom is 0.262 e. The molecule has 0 aliphatic heterocycles. The molecule has 0 atom stereocenters. The van der Waals surface area contributed by atoms with Crippen molar-refractivity contribution >= 4 is 38.3 Å². The number of anilines is 1. The zero-order valence-corrected chi connectivity index (χ0v) is 14.0. The number of nitrogens with zero attached hydrogens (tertiary/aromatic N) is 3. The van der Waals surface area contributed by atoms with Gasteiger partial charge in [-0.2, -0.15) is 0 Å². The monoisotopic (exact) mass is 351 g/mol. The van der Waals surface area contributed by atoms with Gasteiger partial charge in [0.1, 0.15) is 11.0 Å². The maximum atomic E-state index is 12.5. The van der Waals surface area contributed by atoms with Crippen LogP contribution in [0.3, 0.4) is 0 Å². The van der Waals surface area contributed by atoms with Gasteiger partial charge in [-0.15, -0.1) is 10.2 Å². The molecule has 2 aromatic carbocycles. The summed E-state index contributed by atoms with van der Waals surface area (Å²) in [5, 5.41) is 8.72. The van der Waals surface area contributed by atoms with Crippen LogP contribution in [0.25, 0.3) is 11.0 Å². The van der Waals surface area contributed by atoms with E-state index < -0.39 is 10.0 Å². The van der Waals surface area contributed by atoms with E-state index in [0.29, 0.717) is 27.3 Å².